The summed E-state index contributed by atoms with van der Waals surface area (Å²) < 4.78 is 27.0. The predicted octanol–water partition coefficient (Wildman–Crippen LogP) is 4.10. The van der Waals surface area contributed by atoms with Crippen LogP contribution in [-0.2, 0) is 10.0 Å². The zero-order valence-electron chi connectivity index (χ0n) is 10.0. The molecule has 1 N–H and O–H groups in total. The monoisotopic (exact) mass is 315 g/mol. The minimum absolute atomic E-state index is 0.0472. The Bertz CT molecular complexity index is 714. The highest BCUT2D eigenvalue weighted by atomic mass is 35.5. The van der Waals surface area contributed by atoms with Gasteiger partial charge in [0.2, 0.25) is 0 Å². The van der Waals surface area contributed by atoms with Gasteiger partial charge in [-0.15, -0.1) is 0 Å². The number of halogens is 2. The molecule has 19 heavy (non-hydrogen) atoms. The molecule has 2 rings (SSSR count). The fraction of sp³-hybridized carbons (Fsp3) is 0.0769. The van der Waals surface area contributed by atoms with E-state index in [9.17, 15) is 8.42 Å². The van der Waals surface area contributed by atoms with Crippen molar-refractivity contribution in [3.05, 3.63) is 58.1 Å². The van der Waals surface area contributed by atoms with Gasteiger partial charge in [-0.3, -0.25) is 4.72 Å². The van der Waals surface area contributed by atoms with E-state index in [1.54, 1.807) is 37.3 Å². The van der Waals surface area contributed by atoms with Gasteiger partial charge < -0.3 is 0 Å². The molecule has 0 unspecified atom stereocenters. The van der Waals surface area contributed by atoms with E-state index in [1.807, 2.05) is 0 Å². The minimum atomic E-state index is -3.70. The zero-order valence-corrected chi connectivity index (χ0v) is 12.4. The Morgan fingerprint density at radius 1 is 1.05 bits per heavy atom. The number of aryl methyl sites for hydroxylation is 1. The number of sulfonamides is 1. The summed E-state index contributed by atoms with van der Waals surface area (Å²) in [6, 6.07) is 11.2. The molecule has 0 spiro atoms. The van der Waals surface area contributed by atoms with Crippen LogP contribution >= 0.6 is 23.2 Å². The summed E-state index contributed by atoms with van der Waals surface area (Å²) in [7, 11) is -3.70. The first-order valence-electron chi connectivity index (χ1n) is 5.43. The lowest BCUT2D eigenvalue weighted by Gasteiger charge is -2.11. The molecule has 0 aromatic heterocycles. The van der Waals surface area contributed by atoms with Crippen LogP contribution < -0.4 is 4.72 Å². The second kappa shape index (κ2) is 5.41. The van der Waals surface area contributed by atoms with Crippen LogP contribution in [0.25, 0.3) is 0 Å². The predicted molar refractivity (Wildman–Crippen MR) is 78.4 cm³/mol. The lowest BCUT2D eigenvalue weighted by molar-refractivity contribution is 0.601. The minimum Gasteiger partial charge on any atom is -0.279 e. The Hall–Kier alpha value is -1.23. The van der Waals surface area contributed by atoms with Crippen molar-refractivity contribution in [3.63, 3.8) is 0 Å². The third-order valence-corrected chi connectivity index (χ3v) is 4.66. The highest BCUT2D eigenvalue weighted by Crippen LogP contribution is 2.26. The Morgan fingerprint density at radius 3 is 2.37 bits per heavy atom. The van der Waals surface area contributed by atoms with Gasteiger partial charge in [0.15, 0.2) is 0 Å². The van der Waals surface area contributed by atoms with Crippen LogP contribution in [0.3, 0.4) is 0 Å². The molecule has 0 radical (unpaired) electrons. The smallest absolute Gasteiger partial charge is 0.263 e. The van der Waals surface area contributed by atoms with Crippen molar-refractivity contribution in [2.24, 2.45) is 0 Å². The van der Waals surface area contributed by atoms with Gasteiger partial charge in [-0.1, -0.05) is 35.3 Å². The fourth-order valence-corrected chi connectivity index (χ4v) is 3.48. The van der Waals surface area contributed by atoms with Crippen molar-refractivity contribution in [2.75, 3.05) is 4.72 Å². The van der Waals surface area contributed by atoms with Crippen molar-refractivity contribution < 1.29 is 8.42 Å². The third kappa shape index (κ3) is 3.21. The molecular formula is C13H11Cl2NO2S. The maximum Gasteiger partial charge on any atom is 0.263 e. The van der Waals surface area contributed by atoms with E-state index in [0.717, 1.165) is 5.56 Å². The Morgan fingerprint density at radius 2 is 1.74 bits per heavy atom. The van der Waals surface area contributed by atoms with Gasteiger partial charge in [0, 0.05) is 5.02 Å². The number of benzene rings is 2. The molecule has 0 bridgehead atoms. The summed E-state index contributed by atoms with van der Waals surface area (Å²) in [4.78, 5) is 0.0472. The van der Waals surface area contributed by atoms with E-state index in [4.69, 9.17) is 23.2 Å². The Labute approximate surface area is 122 Å². The molecule has 6 heteroatoms. The first-order valence-corrected chi connectivity index (χ1v) is 7.67. The maximum absolute atomic E-state index is 12.2. The standard InChI is InChI=1S/C13H11Cl2NO2S/c1-9-8-10(14)6-7-12(9)16-19(17,18)13-5-3-2-4-11(13)15/h2-8,16H,1H3. The van der Waals surface area contributed by atoms with E-state index in [0.29, 0.717) is 10.7 Å². The zero-order chi connectivity index (χ0) is 14.0. The topological polar surface area (TPSA) is 46.2 Å². The quantitative estimate of drug-likeness (QED) is 0.926. The summed E-state index contributed by atoms with van der Waals surface area (Å²) in [6.07, 6.45) is 0. The molecule has 0 amide bonds. The molecule has 2 aromatic carbocycles. The van der Waals surface area contributed by atoms with Crippen LogP contribution in [0.1, 0.15) is 5.56 Å². The third-order valence-electron chi connectivity index (χ3n) is 2.56. The highest BCUT2D eigenvalue weighted by Gasteiger charge is 2.18. The molecule has 0 atom stereocenters. The van der Waals surface area contributed by atoms with Crippen LogP contribution in [-0.4, -0.2) is 8.42 Å². The molecule has 0 saturated carbocycles. The van der Waals surface area contributed by atoms with Crippen molar-refractivity contribution in [2.45, 2.75) is 11.8 Å². The van der Waals surface area contributed by atoms with Gasteiger partial charge in [-0.2, -0.15) is 0 Å². The molecule has 2 aromatic rings. The first-order chi connectivity index (χ1) is 8.90. The molecule has 100 valence electrons. The molecule has 0 aliphatic rings. The molecule has 3 nitrogen and oxygen atoms in total. The van der Waals surface area contributed by atoms with Gasteiger partial charge in [0.05, 0.1) is 10.7 Å². The molecule has 0 saturated heterocycles. The SMILES string of the molecule is Cc1cc(Cl)ccc1NS(=O)(=O)c1ccccc1Cl. The summed E-state index contributed by atoms with van der Waals surface area (Å²) in [5, 5.41) is 0.736. The van der Waals surface area contributed by atoms with Crippen LogP contribution in [0.2, 0.25) is 10.0 Å². The summed E-state index contributed by atoms with van der Waals surface area (Å²) in [6.45, 7) is 1.77. The lowest BCUT2D eigenvalue weighted by Crippen LogP contribution is -2.14. The number of anilines is 1. The van der Waals surface area contributed by atoms with E-state index in [1.165, 1.54) is 12.1 Å². The van der Waals surface area contributed by atoms with Crippen molar-refractivity contribution in [3.8, 4) is 0 Å². The lowest BCUT2D eigenvalue weighted by atomic mass is 10.2. The molecule has 0 fully saturated rings. The van der Waals surface area contributed by atoms with Crippen LogP contribution in [0, 0.1) is 6.92 Å². The number of hydrogen-bond donors (Lipinski definition) is 1. The van der Waals surface area contributed by atoms with Crippen LogP contribution in [0.5, 0.6) is 0 Å². The van der Waals surface area contributed by atoms with E-state index >= 15 is 0 Å². The second-order valence-electron chi connectivity index (χ2n) is 4.00. The molecule has 0 aliphatic heterocycles. The molecule has 0 heterocycles. The average molecular weight is 316 g/mol. The van der Waals surface area contributed by atoms with Gasteiger partial charge in [0.1, 0.15) is 4.90 Å². The van der Waals surface area contributed by atoms with Crippen LogP contribution in [0.4, 0.5) is 5.69 Å². The van der Waals surface area contributed by atoms with E-state index < -0.39 is 10.0 Å². The van der Waals surface area contributed by atoms with Gasteiger partial charge in [-0.25, -0.2) is 8.42 Å². The van der Waals surface area contributed by atoms with E-state index in [-0.39, 0.29) is 9.92 Å². The Kier molecular flexibility index (Phi) is 4.04. The van der Waals surface area contributed by atoms with Crippen LogP contribution in [0.15, 0.2) is 47.4 Å². The average Bonchev–Trinajstić information content (AvgIpc) is 2.33. The first kappa shape index (κ1) is 14.2. The normalized spacial score (nSPS) is 11.3. The second-order valence-corrected chi connectivity index (χ2v) is 6.49. The van der Waals surface area contributed by atoms with Crippen molar-refractivity contribution in [1.29, 1.82) is 0 Å². The summed E-state index contributed by atoms with van der Waals surface area (Å²) in [5.41, 5.74) is 1.22. The number of hydrogen-bond acceptors (Lipinski definition) is 2. The Balaban J connectivity index is 2.40. The number of rotatable bonds is 3. The maximum atomic E-state index is 12.2. The molecular weight excluding hydrogens is 305 g/mol. The van der Waals surface area contributed by atoms with Crippen molar-refractivity contribution in [1.82, 2.24) is 0 Å². The molecule has 0 aliphatic carbocycles. The number of nitrogens with one attached hydrogen (secondary N) is 1. The van der Waals surface area contributed by atoms with Crippen molar-refractivity contribution >= 4 is 38.9 Å². The van der Waals surface area contributed by atoms with E-state index in [2.05, 4.69) is 4.72 Å². The summed E-state index contributed by atoms with van der Waals surface area (Å²) >= 11 is 11.7. The fourth-order valence-electron chi connectivity index (χ4n) is 1.60. The van der Waals surface area contributed by atoms with Gasteiger partial charge >= 0.3 is 0 Å². The van der Waals surface area contributed by atoms with Gasteiger partial charge in [0.25, 0.3) is 10.0 Å². The summed E-state index contributed by atoms with van der Waals surface area (Å²) in [5.74, 6) is 0. The van der Waals surface area contributed by atoms with Gasteiger partial charge in [-0.05, 0) is 42.8 Å². The largest absolute Gasteiger partial charge is 0.279 e. The highest BCUT2D eigenvalue weighted by molar-refractivity contribution is 7.92.